The lowest BCUT2D eigenvalue weighted by Crippen LogP contribution is -2.21. The second kappa shape index (κ2) is 5.12. The maximum absolute atomic E-state index is 12.3. The summed E-state index contributed by atoms with van der Waals surface area (Å²) in [6.45, 7) is 6.58. The molecule has 0 amide bonds. The lowest BCUT2D eigenvalue weighted by Gasteiger charge is -2.19. The summed E-state index contributed by atoms with van der Waals surface area (Å²) in [6.07, 6.45) is 1.62. The maximum Gasteiger partial charge on any atom is 0.305 e. The third kappa shape index (κ3) is 2.90. The van der Waals surface area contributed by atoms with Crippen LogP contribution in [0.25, 0.3) is 10.8 Å². The largest absolute Gasteiger partial charge is 0.481 e. The predicted molar refractivity (Wildman–Crippen MR) is 79.2 cm³/mol. The van der Waals surface area contributed by atoms with Crippen LogP contribution < -0.4 is 5.56 Å². The molecule has 1 heterocycles. The van der Waals surface area contributed by atoms with Crippen molar-refractivity contribution in [3.8, 4) is 0 Å². The standard InChI is InChI=1S/C16H19NO3/c1-16(2,3)12-4-5-13-11(10-12)6-8-17(15(13)20)9-7-14(18)19/h4-6,8,10H,7,9H2,1-3H3,(H,18,19). The third-order valence-electron chi connectivity index (χ3n) is 3.41. The Morgan fingerprint density at radius 3 is 2.55 bits per heavy atom. The SMILES string of the molecule is CC(C)(C)c1ccc2c(=O)n(CCC(=O)O)ccc2c1. The minimum atomic E-state index is -0.903. The summed E-state index contributed by atoms with van der Waals surface area (Å²) in [5.41, 5.74) is 1.07. The normalized spacial score (nSPS) is 11.8. The van der Waals surface area contributed by atoms with Crippen molar-refractivity contribution in [1.29, 1.82) is 0 Å². The molecule has 0 spiro atoms. The number of aromatic nitrogens is 1. The lowest BCUT2D eigenvalue weighted by molar-refractivity contribution is -0.137. The second-order valence-electron chi connectivity index (χ2n) is 6.01. The molecule has 0 fully saturated rings. The summed E-state index contributed by atoms with van der Waals surface area (Å²) in [7, 11) is 0. The minimum Gasteiger partial charge on any atom is -0.481 e. The van der Waals surface area contributed by atoms with Crippen LogP contribution in [0.3, 0.4) is 0 Å². The van der Waals surface area contributed by atoms with E-state index in [0.717, 1.165) is 5.39 Å². The van der Waals surface area contributed by atoms with E-state index < -0.39 is 5.97 Å². The van der Waals surface area contributed by atoms with E-state index >= 15 is 0 Å². The van der Waals surface area contributed by atoms with Crippen molar-refractivity contribution < 1.29 is 9.90 Å². The molecule has 0 unspecified atom stereocenters. The molecule has 0 saturated heterocycles. The van der Waals surface area contributed by atoms with Crippen LogP contribution in [-0.4, -0.2) is 15.6 Å². The fraction of sp³-hybridized carbons (Fsp3) is 0.375. The molecule has 2 rings (SSSR count). The number of hydrogen-bond acceptors (Lipinski definition) is 2. The van der Waals surface area contributed by atoms with Gasteiger partial charge in [0.05, 0.1) is 6.42 Å². The Balaban J connectivity index is 2.47. The molecule has 2 aromatic rings. The van der Waals surface area contributed by atoms with Gasteiger partial charge in [0.15, 0.2) is 0 Å². The van der Waals surface area contributed by atoms with Gasteiger partial charge >= 0.3 is 5.97 Å². The molecule has 1 N–H and O–H groups in total. The molecule has 0 aliphatic heterocycles. The summed E-state index contributed by atoms with van der Waals surface area (Å²) in [4.78, 5) is 22.9. The van der Waals surface area contributed by atoms with E-state index in [-0.39, 0.29) is 23.9 Å². The monoisotopic (exact) mass is 273 g/mol. The van der Waals surface area contributed by atoms with Gasteiger partial charge in [-0.2, -0.15) is 0 Å². The molecule has 0 atom stereocenters. The average molecular weight is 273 g/mol. The molecule has 20 heavy (non-hydrogen) atoms. The summed E-state index contributed by atoms with van der Waals surface area (Å²) < 4.78 is 1.45. The number of nitrogens with zero attached hydrogens (tertiary/aromatic N) is 1. The van der Waals surface area contributed by atoms with Gasteiger partial charge in [0.2, 0.25) is 0 Å². The predicted octanol–water partition coefficient (Wildman–Crippen LogP) is 2.77. The molecule has 0 saturated carbocycles. The highest BCUT2D eigenvalue weighted by Gasteiger charge is 2.14. The molecule has 4 nitrogen and oxygen atoms in total. The number of benzene rings is 1. The Kier molecular flexibility index (Phi) is 3.66. The summed E-state index contributed by atoms with van der Waals surface area (Å²) >= 11 is 0. The molecule has 1 aromatic heterocycles. The summed E-state index contributed by atoms with van der Waals surface area (Å²) in [5.74, 6) is -0.903. The highest BCUT2D eigenvalue weighted by atomic mass is 16.4. The van der Waals surface area contributed by atoms with Gasteiger partial charge in [-0.15, -0.1) is 0 Å². The van der Waals surface area contributed by atoms with Crippen LogP contribution >= 0.6 is 0 Å². The number of aliphatic carboxylic acids is 1. The van der Waals surface area contributed by atoms with E-state index in [1.807, 2.05) is 24.3 Å². The van der Waals surface area contributed by atoms with Crippen LogP contribution in [0, 0.1) is 0 Å². The van der Waals surface area contributed by atoms with E-state index in [0.29, 0.717) is 5.39 Å². The quantitative estimate of drug-likeness (QED) is 0.935. The summed E-state index contributed by atoms with van der Waals surface area (Å²) in [5, 5.41) is 10.2. The van der Waals surface area contributed by atoms with Gasteiger partial charge in [0.25, 0.3) is 5.56 Å². The van der Waals surface area contributed by atoms with Crippen LogP contribution in [0.2, 0.25) is 0 Å². The van der Waals surface area contributed by atoms with Gasteiger partial charge in [-0.05, 0) is 28.5 Å². The molecule has 4 heteroatoms. The first-order chi connectivity index (χ1) is 9.29. The number of rotatable bonds is 3. The highest BCUT2D eigenvalue weighted by Crippen LogP contribution is 2.24. The zero-order chi connectivity index (χ0) is 14.9. The zero-order valence-corrected chi connectivity index (χ0v) is 12.0. The van der Waals surface area contributed by atoms with Crippen molar-refractivity contribution in [3.05, 3.63) is 46.4 Å². The average Bonchev–Trinajstić information content (AvgIpc) is 2.36. The Bertz CT molecular complexity index is 708. The number of carbonyl (C=O) groups is 1. The fourth-order valence-electron chi connectivity index (χ4n) is 2.15. The van der Waals surface area contributed by atoms with Crippen LogP contribution in [0.4, 0.5) is 0 Å². The van der Waals surface area contributed by atoms with E-state index in [9.17, 15) is 9.59 Å². The molecular weight excluding hydrogens is 254 g/mol. The number of fused-ring (bicyclic) bond motifs is 1. The summed E-state index contributed by atoms with van der Waals surface area (Å²) in [6, 6.07) is 7.69. The second-order valence-corrected chi connectivity index (χ2v) is 6.01. The van der Waals surface area contributed by atoms with Gasteiger partial charge in [0, 0.05) is 18.1 Å². The number of carboxylic acid groups (broad SMARTS) is 1. The highest BCUT2D eigenvalue weighted by molar-refractivity contribution is 5.82. The van der Waals surface area contributed by atoms with Crippen molar-refractivity contribution in [1.82, 2.24) is 4.57 Å². The van der Waals surface area contributed by atoms with Crippen LogP contribution in [-0.2, 0) is 16.8 Å². The van der Waals surface area contributed by atoms with Gasteiger partial charge in [-0.25, -0.2) is 0 Å². The third-order valence-corrected chi connectivity index (χ3v) is 3.41. The van der Waals surface area contributed by atoms with Gasteiger partial charge in [-0.3, -0.25) is 9.59 Å². The molecule has 0 bridgehead atoms. The smallest absolute Gasteiger partial charge is 0.305 e. The Morgan fingerprint density at radius 1 is 1.25 bits per heavy atom. The van der Waals surface area contributed by atoms with Crippen LogP contribution in [0.1, 0.15) is 32.8 Å². The molecule has 106 valence electrons. The van der Waals surface area contributed by atoms with Gasteiger partial charge in [0.1, 0.15) is 0 Å². The number of carboxylic acids is 1. The van der Waals surface area contributed by atoms with Crippen molar-refractivity contribution in [2.24, 2.45) is 0 Å². The van der Waals surface area contributed by atoms with Crippen LogP contribution in [0.15, 0.2) is 35.3 Å². The fourth-order valence-corrected chi connectivity index (χ4v) is 2.15. The Labute approximate surface area is 117 Å². The van der Waals surface area contributed by atoms with Gasteiger partial charge in [-0.1, -0.05) is 32.9 Å². The first kappa shape index (κ1) is 14.3. The Hall–Kier alpha value is -2.10. The zero-order valence-electron chi connectivity index (χ0n) is 12.0. The first-order valence-electron chi connectivity index (χ1n) is 6.64. The van der Waals surface area contributed by atoms with E-state index in [2.05, 4.69) is 20.8 Å². The number of pyridine rings is 1. The van der Waals surface area contributed by atoms with Crippen molar-refractivity contribution in [2.75, 3.05) is 0 Å². The van der Waals surface area contributed by atoms with Crippen molar-refractivity contribution in [2.45, 2.75) is 39.2 Å². The van der Waals surface area contributed by atoms with Gasteiger partial charge < -0.3 is 9.67 Å². The van der Waals surface area contributed by atoms with Crippen molar-refractivity contribution >= 4 is 16.7 Å². The molecular formula is C16H19NO3. The van der Waals surface area contributed by atoms with E-state index in [1.54, 1.807) is 6.20 Å². The van der Waals surface area contributed by atoms with E-state index in [4.69, 9.17) is 5.11 Å². The topological polar surface area (TPSA) is 59.3 Å². The molecule has 0 radical (unpaired) electrons. The Morgan fingerprint density at radius 2 is 1.95 bits per heavy atom. The molecule has 0 aliphatic carbocycles. The maximum atomic E-state index is 12.3. The van der Waals surface area contributed by atoms with E-state index in [1.165, 1.54) is 10.1 Å². The van der Waals surface area contributed by atoms with Crippen molar-refractivity contribution in [3.63, 3.8) is 0 Å². The molecule has 1 aromatic carbocycles. The van der Waals surface area contributed by atoms with Crippen LogP contribution in [0.5, 0.6) is 0 Å². The lowest BCUT2D eigenvalue weighted by atomic mass is 9.86. The minimum absolute atomic E-state index is 0.0341. The molecule has 0 aliphatic rings. The first-order valence-corrected chi connectivity index (χ1v) is 6.64. The number of hydrogen-bond donors (Lipinski definition) is 1. The number of aryl methyl sites for hydroxylation is 1.